The molecule has 5 nitrogen and oxygen atoms in total. The number of aromatic nitrogens is 2. The monoisotopic (exact) mass is 212 g/mol. The van der Waals surface area contributed by atoms with Crippen LogP contribution in [0.1, 0.15) is 30.3 Å². The number of nitrogens with zero attached hydrogens (tertiary/aromatic N) is 2. The van der Waals surface area contributed by atoms with E-state index in [1.165, 1.54) is 6.07 Å². The topological polar surface area (TPSA) is 64.3 Å². The lowest BCUT2D eigenvalue weighted by atomic mass is 10.4. The maximum atomic E-state index is 10.5. The van der Waals surface area contributed by atoms with E-state index in [1.54, 1.807) is 10.9 Å². The van der Waals surface area contributed by atoms with E-state index in [0.717, 1.165) is 19.4 Å². The van der Waals surface area contributed by atoms with Gasteiger partial charge in [0.25, 0.3) is 0 Å². The van der Waals surface area contributed by atoms with Crippen molar-refractivity contribution in [1.82, 2.24) is 9.78 Å². The van der Waals surface area contributed by atoms with Crippen LogP contribution in [0.5, 0.6) is 0 Å². The van der Waals surface area contributed by atoms with Crippen LogP contribution in [0.4, 0.5) is 0 Å². The summed E-state index contributed by atoms with van der Waals surface area (Å²) in [5, 5.41) is 12.5. The van der Waals surface area contributed by atoms with E-state index in [-0.39, 0.29) is 5.69 Å². The van der Waals surface area contributed by atoms with Gasteiger partial charge in [-0.15, -0.1) is 0 Å². The molecule has 0 aliphatic rings. The van der Waals surface area contributed by atoms with Crippen LogP contribution >= 0.6 is 0 Å². The van der Waals surface area contributed by atoms with Gasteiger partial charge in [-0.25, -0.2) is 4.79 Å². The summed E-state index contributed by atoms with van der Waals surface area (Å²) in [7, 11) is 0. The quantitative estimate of drug-likeness (QED) is 0.694. The Labute approximate surface area is 88.7 Å². The summed E-state index contributed by atoms with van der Waals surface area (Å²) in [5.41, 5.74) is 0.0727. The normalized spacial score (nSPS) is 10.5. The molecule has 0 aliphatic carbocycles. The molecule has 15 heavy (non-hydrogen) atoms. The lowest BCUT2D eigenvalue weighted by Crippen LogP contribution is -2.08. The molecule has 1 aromatic heterocycles. The highest BCUT2D eigenvalue weighted by Gasteiger charge is 2.05. The van der Waals surface area contributed by atoms with Crippen molar-refractivity contribution in [3.63, 3.8) is 0 Å². The molecule has 0 spiro atoms. The number of hydrogen-bond acceptors (Lipinski definition) is 3. The maximum absolute atomic E-state index is 10.5. The third-order valence-electron chi connectivity index (χ3n) is 1.97. The van der Waals surface area contributed by atoms with Gasteiger partial charge in [-0.05, 0) is 12.5 Å². The van der Waals surface area contributed by atoms with Crippen LogP contribution in [0.2, 0.25) is 0 Å². The number of rotatable bonds is 7. The Kier molecular flexibility index (Phi) is 4.83. The highest BCUT2D eigenvalue weighted by Crippen LogP contribution is 1.96. The first kappa shape index (κ1) is 11.7. The smallest absolute Gasteiger partial charge is 0.356 e. The number of aromatic carboxylic acids is 1. The summed E-state index contributed by atoms with van der Waals surface area (Å²) in [4.78, 5) is 10.5. The Hall–Kier alpha value is -1.36. The van der Waals surface area contributed by atoms with E-state index in [9.17, 15) is 4.79 Å². The summed E-state index contributed by atoms with van der Waals surface area (Å²) in [6.45, 7) is 4.03. The number of carbonyl (C=O) groups is 1. The molecule has 0 saturated carbocycles. The van der Waals surface area contributed by atoms with Gasteiger partial charge >= 0.3 is 5.97 Å². The van der Waals surface area contributed by atoms with E-state index in [0.29, 0.717) is 13.2 Å². The second-order valence-electron chi connectivity index (χ2n) is 3.24. The SMILES string of the molecule is CCCCOCCn1ccc(C(=O)O)n1. The molecule has 0 aromatic carbocycles. The first-order valence-corrected chi connectivity index (χ1v) is 5.08. The van der Waals surface area contributed by atoms with Crippen LogP contribution in [0.15, 0.2) is 12.3 Å². The first-order chi connectivity index (χ1) is 7.24. The molecule has 0 saturated heterocycles. The van der Waals surface area contributed by atoms with Gasteiger partial charge in [0.15, 0.2) is 5.69 Å². The molecule has 0 bridgehead atoms. The Morgan fingerprint density at radius 2 is 2.40 bits per heavy atom. The highest BCUT2D eigenvalue weighted by molar-refractivity contribution is 5.84. The fourth-order valence-corrected chi connectivity index (χ4v) is 1.11. The third kappa shape index (κ3) is 4.12. The van der Waals surface area contributed by atoms with Crippen LogP contribution in [-0.2, 0) is 11.3 Å². The minimum absolute atomic E-state index is 0.0727. The predicted octanol–water partition coefficient (Wildman–Crippen LogP) is 1.40. The Balaban J connectivity index is 2.23. The van der Waals surface area contributed by atoms with Gasteiger partial charge < -0.3 is 9.84 Å². The molecular weight excluding hydrogens is 196 g/mol. The molecule has 0 unspecified atom stereocenters. The molecule has 1 rings (SSSR count). The van der Waals surface area contributed by atoms with Crippen molar-refractivity contribution in [1.29, 1.82) is 0 Å². The van der Waals surface area contributed by atoms with Gasteiger partial charge in [0.05, 0.1) is 13.2 Å². The summed E-state index contributed by atoms with van der Waals surface area (Å²) in [6.07, 6.45) is 3.82. The Bertz CT molecular complexity index is 309. The average molecular weight is 212 g/mol. The van der Waals surface area contributed by atoms with Crippen LogP contribution in [0, 0.1) is 0 Å². The van der Waals surface area contributed by atoms with Gasteiger partial charge in [0.2, 0.25) is 0 Å². The van der Waals surface area contributed by atoms with Crippen molar-refractivity contribution in [2.45, 2.75) is 26.3 Å². The zero-order valence-corrected chi connectivity index (χ0v) is 8.85. The van der Waals surface area contributed by atoms with Crippen LogP contribution in [-0.4, -0.2) is 34.1 Å². The van der Waals surface area contributed by atoms with Crippen molar-refractivity contribution < 1.29 is 14.6 Å². The molecule has 1 aromatic rings. The molecule has 0 fully saturated rings. The number of hydrogen-bond donors (Lipinski definition) is 1. The molecule has 0 atom stereocenters. The molecule has 1 N–H and O–H groups in total. The van der Waals surface area contributed by atoms with Gasteiger partial charge in [0.1, 0.15) is 0 Å². The lowest BCUT2D eigenvalue weighted by molar-refractivity contribution is 0.0688. The summed E-state index contributed by atoms with van der Waals surface area (Å²) < 4.78 is 6.92. The largest absolute Gasteiger partial charge is 0.476 e. The van der Waals surface area contributed by atoms with Gasteiger partial charge in [-0.3, -0.25) is 4.68 Å². The third-order valence-corrected chi connectivity index (χ3v) is 1.97. The fourth-order valence-electron chi connectivity index (χ4n) is 1.11. The second kappa shape index (κ2) is 6.19. The summed E-state index contributed by atoms with van der Waals surface area (Å²) in [5.74, 6) is -0.999. The molecule has 0 amide bonds. The number of ether oxygens (including phenoxy) is 1. The van der Waals surface area contributed by atoms with Crippen molar-refractivity contribution in [2.24, 2.45) is 0 Å². The molecular formula is C10H16N2O3. The van der Waals surface area contributed by atoms with Crippen molar-refractivity contribution >= 4 is 5.97 Å². The van der Waals surface area contributed by atoms with E-state index in [4.69, 9.17) is 9.84 Å². The number of carboxylic acids is 1. The molecule has 5 heteroatoms. The minimum atomic E-state index is -0.999. The lowest BCUT2D eigenvalue weighted by Gasteiger charge is -2.02. The van der Waals surface area contributed by atoms with Crippen LogP contribution in [0.25, 0.3) is 0 Å². The zero-order valence-electron chi connectivity index (χ0n) is 8.85. The fraction of sp³-hybridized carbons (Fsp3) is 0.600. The molecule has 84 valence electrons. The Morgan fingerprint density at radius 1 is 1.60 bits per heavy atom. The first-order valence-electron chi connectivity index (χ1n) is 5.08. The zero-order chi connectivity index (χ0) is 11.1. The van der Waals surface area contributed by atoms with E-state index in [2.05, 4.69) is 12.0 Å². The van der Waals surface area contributed by atoms with Crippen LogP contribution in [0.3, 0.4) is 0 Å². The summed E-state index contributed by atoms with van der Waals surface area (Å²) in [6, 6.07) is 1.48. The number of unbranched alkanes of at least 4 members (excludes halogenated alkanes) is 1. The van der Waals surface area contributed by atoms with Gasteiger partial charge in [-0.1, -0.05) is 13.3 Å². The second-order valence-corrected chi connectivity index (χ2v) is 3.24. The van der Waals surface area contributed by atoms with Gasteiger partial charge in [-0.2, -0.15) is 5.10 Å². The molecule has 1 heterocycles. The van der Waals surface area contributed by atoms with Crippen LogP contribution < -0.4 is 0 Å². The number of carboxylic acid groups (broad SMARTS) is 1. The van der Waals surface area contributed by atoms with E-state index >= 15 is 0 Å². The highest BCUT2D eigenvalue weighted by atomic mass is 16.5. The maximum Gasteiger partial charge on any atom is 0.356 e. The van der Waals surface area contributed by atoms with E-state index in [1.807, 2.05) is 0 Å². The Morgan fingerprint density at radius 3 is 3.00 bits per heavy atom. The standard InChI is InChI=1S/C10H16N2O3/c1-2-3-7-15-8-6-12-5-4-9(11-12)10(13)14/h4-5H,2-3,6-8H2,1H3,(H,13,14). The van der Waals surface area contributed by atoms with E-state index < -0.39 is 5.97 Å². The molecule has 0 radical (unpaired) electrons. The average Bonchev–Trinajstić information content (AvgIpc) is 2.66. The van der Waals surface area contributed by atoms with Crippen molar-refractivity contribution in [3.8, 4) is 0 Å². The minimum Gasteiger partial charge on any atom is -0.476 e. The summed E-state index contributed by atoms with van der Waals surface area (Å²) >= 11 is 0. The van der Waals surface area contributed by atoms with Crippen molar-refractivity contribution in [3.05, 3.63) is 18.0 Å². The predicted molar refractivity (Wildman–Crippen MR) is 54.9 cm³/mol. The van der Waals surface area contributed by atoms with Crippen molar-refractivity contribution in [2.75, 3.05) is 13.2 Å². The van der Waals surface area contributed by atoms with Gasteiger partial charge in [0, 0.05) is 12.8 Å². The molecule has 0 aliphatic heterocycles.